The molecule has 0 bridgehead atoms. The van der Waals surface area contributed by atoms with E-state index < -0.39 is 0 Å². The van der Waals surface area contributed by atoms with Crippen molar-refractivity contribution < 1.29 is 9.59 Å². The molecule has 0 spiro atoms. The average molecular weight is 384 g/mol. The van der Waals surface area contributed by atoms with Crippen molar-refractivity contribution in [2.75, 3.05) is 10.6 Å². The Morgan fingerprint density at radius 3 is 2.62 bits per heavy atom. The number of aromatic nitrogens is 1. The van der Waals surface area contributed by atoms with E-state index in [0.717, 1.165) is 15.4 Å². The molecule has 1 aromatic heterocycles. The standard InChI is InChI=1S/C18H14BrN3O2/c1-11(23)21-16-8-7-12(19)10-17(16)22-18(24)14-4-2-6-15-13(14)5-3-9-20-15/h2-10H,1H3,(H,21,23)(H,22,24). The molecule has 0 unspecified atom stereocenters. The lowest BCUT2D eigenvalue weighted by molar-refractivity contribution is -0.114. The summed E-state index contributed by atoms with van der Waals surface area (Å²) in [5, 5.41) is 6.33. The van der Waals surface area contributed by atoms with Crippen LogP contribution in [-0.2, 0) is 4.79 Å². The van der Waals surface area contributed by atoms with E-state index in [4.69, 9.17) is 0 Å². The van der Waals surface area contributed by atoms with E-state index in [1.54, 1.807) is 42.6 Å². The molecule has 120 valence electrons. The molecule has 1 heterocycles. The molecule has 0 saturated carbocycles. The van der Waals surface area contributed by atoms with E-state index in [-0.39, 0.29) is 11.8 Å². The van der Waals surface area contributed by atoms with E-state index in [0.29, 0.717) is 16.9 Å². The van der Waals surface area contributed by atoms with E-state index in [1.807, 2.05) is 12.1 Å². The molecule has 0 aliphatic carbocycles. The first kappa shape index (κ1) is 16.1. The first-order valence-electron chi connectivity index (χ1n) is 7.27. The van der Waals surface area contributed by atoms with Crippen LogP contribution in [0.3, 0.4) is 0 Å². The minimum Gasteiger partial charge on any atom is -0.325 e. The van der Waals surface area contributed by atoms with Gasteiger partial charge < -0.3 is 10.6 Å². The summed E-state index contributed by atoms with van der Waals surface area (Å²) in [6.45, 7) is 1.42. The lowest BCUT2D eigenvalue weighted by Gasteiger charge is -2.13. The van der Waals surface area contributed by atoms with Gasteiger partial charge in [0, 0.05) is 28.5 Å². The number of hydrogen-bond acceptors (Lipinski definition) is 3. The number of halogens is 1. The second kappa shape index (κ2) is 6.80. The van der Waals surface area contributed by atoms with Crippen LogP contribution >= 0.6 is 15.9 Å². The molecule has 5 nitrogen and oxygen atoms in total. The molecule has 3 rings (SSSR count). The molecule has 2 aromatic carbocycles. The third-order valence-electron chi connectivity index (χ3n) is 3.43. The van der Waals surface area contributed by atoms with Crippen molar-refractivity contribution in [3.63, 3.8) is 0 Å². The lowest BCUT2D eigenvalue weighted by atomic mass is 10.1. The summed E-state index contributed by atoms with van der Waals surface area (Å²) in [4.78, 5) is 28.3. The van der Waals surface area contributed by atoms with Crippen LogP contribution in [-0.4, -0.2) is 16.8 Å². The summed E-state index contributed by atoms with van der Waals surface area (Å²) in [6.07, 6.45) is 1.69. The number of anilines is 2. The Kier molecular flexibility index (Phi) is 4.57. The fraction of sp³-hybridized carbons (Fsp3) is 0.0556. The van der Waals surface area contributed by atoms with Crippen LogP contribution in [0.5, 0.6) is 0 Å². The molecule has 24 heavy (non-hydrogen) atoms. The quantitative estimate of drug-likeness (QED) is 0.711. The number of nitrogens with zero attached hydrogens (tertiary/aromatic N) is 1. The van der Waals surface area contributed by atoms with Crippen LogP contribution in [0.25, 0.3) is 10.9 Å². The summed E-state index contributed by atoms with van der Waals surface area (Å²) >= 11 is 3.37. The highest BCUT2D eigenvalue weighted by molar-refractivity contribution is 9.10. The molecule has 6 heteroatoms. The van der Waals surface area contributed by atoms with Crippen molar-refractivity contribution in [1.29, 1.82) is 0 Å². The fourth-order valence-electron chi connectivity index (χ4n) is 2.41. The van der Waals surface area contributed by atoms with Crippen LogP contribution in [0, 0.1) is 0 Å². The van der Waals surface area contributed by atoms with Gasteiger partial charge >= 0.3 is 0 Å². The monoisotopic (exact) mass is 383 g/mol. The van der Waals surface area contributed by atoms with Gasteiger partial charge in [-0.1, -0.05) is 28.1 Å². The van der Waals surface area contributed by atoms with Gasteiger partial charge in [-0.3, -0.25) is 14.6 Å². The first-order chi connectivity index (χ1) is 11.5. The number of amides is 2. The van der Waals surface area contributed by atoms with E-state index in [2.05, 4.69) is 31.5 Å². The molecule has 0 aliphatic heterocycles. The van der Waals surface area contributed by atoms with Gasteiger partial charge in [0.25, 0.3) is 5.91 Å². The van der Waals surface area contributed by atoms with Gasteiger partial charge in [-0.05, 0) is 36.4 Å². The van der Waals surface area contributed by atoms with E-state index in [1.165, 1.54) is 6.92 Å². The summed E-state index contributed by atoms with van der Waals surface area (Å²) in [5.41, 5.74) is 2.33. The number of benzene rings is 2. The maximum absolute atomic E-state index is 12.7. The maximum atomic E-state index is 12.7. The highest BCUT2D eigenvalue weighted by Crippen LogP contribution is 2.27. The smallest absolute Gasteiger partial charge is 0.256 e. The lowest BCUT2D eigenvalue weighted by Crippen LogP contribution is -2.15. The first-order valence-corrected chi connectivity index (χ1v) is 8.06. The molecule has 0 aliphatic rings. The number of pyridine rings is 1. The van der Waals surface area contributed by atoms with Crippen LogP contribution in [0.1, 0.15) is 17.3 Å². The highest BCUT2D eigenvalue weighted by atomic mass is 79.9. The van der Waals surface area contributed by atoms with Gasteiger partial charge in [0.15, 0.2) is 0 Å². The fourth-order valence-corrected chi connectivity index (χ4v) is 2.77. The zero-order chi connectivity index (χ0) is 17.1. The molecule has 2 amide bonds. The highest BCUT2D eigenvalue weighted by Gasteiger charge is 2.13. The summed E-state index contributed by atoms with van der Waals surface area (Å²) in [6, 6.07) is 14.3. The van der Waals surface area contributed by atoms with Crippen molar-refractivity contribution in [2.45, 2.75) is 6.92 Å². The largest absolute Gasteiger partial charge is 0.325 e. The van der Waals surface area contributed by atoms with Crippen molar-refractivity contribution in [3.8, 4) is 0 Å². The summed E-state index contributed by atoms with van der Waals surface area (Å²) in [5.74, 6) is -0.472. The topological polar surface area (TPSA) is 71.1 Å². The molecule has 3 aromatic rings. The minimum absolute atomic E-state index is 0.206. The van der Waals surface area contributed by atoms with Crippen molar-refractivity contribution in [1.82, 2.24) is 4.98 Å². The third kappa shape index (κ3) is 3.44. The Morgan fingerprint density at radius 2 is 1.83 bits per heavy atom. The predicted octanol–water partition coefficient (Wildman–Crippen LogP) is 4.21. The second-order valence-corrected chi connectivity index (χ2v) is 6.12. The van der Waals surface area contributed by atoms with Gasteiger partial charge in [0.2, 0.25) is 5.91 Å². The Hall–Kier alpha value is -2.73. The Bertz CT molecular complexity index is 935. The zero-order valence-corrected chi connectivity index (χ0v) is 14.4. The summed E-state index contributed by atoms with van der Waals surface area (Å²) in [7, 11) is 0. The number of rotatable bonds is 3. The normalized spacial score (nSPS) is 10.4. The Balaban J connectivity index is 1.97. The minimum atomic E-state index is -0.265. The molecule has 0 saturated heterocycles. The number of carbonyl (C=O) groups is 2. The van der Waals surface area contributed by atoms with Crippen molar-refractivity contribution >= 4 is 50.0 Å². The van der Waals surface area contributed by atoms with Crippen LogP contribution < -0.4 is 10.6 Å². The number of hydrogen-bond donors (Lipinski definition) is 2. The van der Waals surface area contributed by atoms with Crippen LogP contribution in [0.4, 0.5) is 11.4 Å². The molecule has 0 radical (unpaired) electrons. The van der Waals surface area contributed by atoms with Crippen molar-refractivity contribution in [2.24, 2.45) is 0 Å². The molecular weight excluding hydrogens is 370 g/mol. The molecule has 2 N–H and O–H groups in total. The molecule has 0 atom stereocenters. The Morgan fingerprint density at radius 1 is 1.00 bits per heavy atom. The number of fused-ring (bicyclic) bond motifs is 1. The molecular formula is C18H14BrN3O2. The van der Waals surface area contributed by atoms with E-state index in [9.17, 15) is 9.59 Å². The number of nitrogens with one attached hydrogen (secondary N) is 2. The maximum Gasteiger partial charge on any atom is 0.256 e. The number of carbonyl (C=O) groups excluding carboxylic acids is 2. The third-order valence-corrected chi connectivity index (χ3v) is 3.92. The van der Waals surface area contributed by atoms with Gasteiger partial charge in [-0.15, -0.1) is 0 Å². The van der Waals surface area contributed by atoms with Gasteiger partial charge in [-0.25, -0.2) is 0 Å². The molecule has 0 fully saturated rings. The average Bonchev–Trinajstić information content (AvgIpc) is 2.56. The van der Waals surface area contributed by atoms with Gasteiger partial charge in [-0.2, -0.15) is 0 Å². The van der Waals surface area contributed by atoms with Crippen LogP contribution in [0.15, 0.2) is 59.2 Å². The van der Waals surface area contributed by atoms with Gasteiger partial charge in [0.1, 0.15) is 0 Å². The van der Waals surface area contributed by atoms with Crippen LogP contribution in [0.2, 0.25) is 0 Å². The van der Waals surface area contributed by atoms with Gasteiger partial charge in [0.05, 0.1) is 16.9 Å². The summed E-state index contributed by atoms with van der Waals surface area (Å²) < 4.78 is 0.798. The second-order valence-electron chi connectivity index (χ2n) is 5.20. The predicted molar refractivity (Wildman–Crippen MR) is 98.1 cm³/mol. The Labute approximate surface area is 147 Å². The van der Waals surface area contributed by atoms with Crippen molar-refractivity contribution in [3.05, 3.63) is 64.8 Å². The van der Waals surface area contributed by atoms with E-state index >= 15 is 0 Å². The SMILES string of the molecule is CC(=O)Nc1ccc(Br)cc1NC(=O)c1cccc2ncccc12. The zero-order valence-electron chi connectivity index (χ0n) is 12.8.